The standard InChI is InChI=1S/C60H37NO2/c1-2-15-40-36-42(31-30-38(40)14-1)57-51-22-5-3-18-47(51)48-19-4-6-23-52(48)58(57)61(43-34-32-39(33-35-43)45-24-12-26-53-49-20-7-9-28-55(49)62-59(45)53)44-17-11-16-41(37-44)46-25-13-27-54-50-21-8-10-29-56(50)63-60(46)54/h1-37H. The normalized spacial score (nSPS) is 11.8. The van der Waals surface area contributed by atoms with E-state index in [2.05, 4.69) is 211 Å². The number of hydrogen-bond donors (Lipinski definition) is 0. The zero-order valence-corrected chi connectivity index (χ0v) is 34.1. The molecule has 0 spiro atoms. The predicted molar refractivity (Wildman–Crippen MR) is 265 cm³/mol. The molecule has 0 saturated carbocycles. The number of para-hydroxylation sites is 4. The Bertz CT molecular complexity index is 3930. The third-order valence-electron chi connectivity index (χ3n) is 12.8. The molecule has 294 valence electrons. The lowest BCUT2D eigenvalue weighted by Gasteiger charge is -2.31. The lowest BCUT2D eigenvalue weighted by molar-refractivity contribution is 0.669. The second kappa shape index (κ2) is 14.1. The molecule has 0 bridgehead atoms. The van der Waals surface area contributed by atoms with Gasteiger partial charge in [-0.2, -0.15) is 0 Å². The van der Waals surface area contributed by atoms with E-state index < -0.39 is 0 Å². The van der Waals surface area contributed by atoms with Crippen LogP contribution in [-0.2, 0) is 0 Å². The Kier molecular flexibility index (Phi) is 7.91. The third-order valence-corrected chi connectivity index (χ3v) is 12.8. The quantitative estimate of drug-likeness (QED) is 0.157. The summed E-state index contributed by atoms with van der Waals surface area (Å²) in [6.45, 7) is 0. The van der Waals surface area contributed by atoms with E-state index in [4.69, 9.17) is 8.83 Å². The van der Waals surface area contributed by atoms with Crippen molar-refractivity contribution in [3.05, 3.63) is 224 Å². The van der Waals surface area contributed by atoms with Crippen LogP contribution in [0.25, 0.3) is 110 Å². The Labute approximate surface area is 363 Å². The summed E-state index contributed by atoms with van der Waals surface area (Å²) in [4.78, 5) is 2.47. The first-order chi connectivity index (χ1) is 31.2. The van der Waals surface area contributed by atoms with Gasteiger partial charge in [0, 0.05) is 55.0 Å². The highest BCUT2D eigenvalue weighted by atomic mass is 16.3. The Morgan fingerprint density at radius 3 is 1.48 bits per heavy atom. The molecule has 0 N–H and O–H groups in total. The summed E-state index contributed by atoms with van der Waals surface area (Å²) in [5.74, 6) is 0. The van der Waals surface area contributed by atoms with Crippen LogP contribution in [0.4, 0.5) is 17.1 Å². The van der Waals surface area contributed by atoms with Gasteiger partial charge in [-0.3, -0.25) is 0 Å². The van der Waals surface area contributed by atoms with Crippen LogP contribution < -0.4 is 4.90 Å². The molecule has 13 aromatic rings. The molecule has 0 saturated heterocycles. The van der Waals surface area contributed by atoms with Crippen molar-refractivity contribution < 1.29 is 8.83 Å². The van der Waals surface area contributed by atoms with Gasteiger partial charge in [-0.15, -0.1) is 0 Å². The summed E-state index contributed by atoms with van der Waals surface area (Å²) < 4.78 is 13.1. The summed E-state index contributed by atoms with van der Waals surface area (Å²) in [5.41, 5.74) is 13.4. The molecule has 11 aromatic carbocycles. The van der Waals surface area contributed by atoms with Gasteiger partial charge in [0.15, 0.2) is 0 Å². The molecule has 0 fully saturated rings. The van der Waals surface area contributed by atoms with Crippen LogP contribution >= 0.6 is 0 Å². The van der Waals surface area contributed by atoms with Crippen LogP contribution in [0.3, 0.4) is 0 Å². The van der Waals surface area contributed by atoms with E-state index in [9.17, 15) is 0 Å². The van der Waals surface area contributed by atoms with E-state index in [1.165, 1.54) is 37.9 Å². The van der Waals surface area contributed by atoms with Crippen LogP contribution in [-0.4, -0.2) is 0 Å². The molecule has 0 aliphatic rings. The van der Waals surface area contributed by atoms with Crippen molar-refractivity contribution in [1.82, 2.24) is 0 Å². The van der Waals surface area contributed by atoms with Gasteiger partial charge >= 0.3 is 0 Å². The lowest BCUT2D eigenvalue weighted by atomic mass is 9.89. The van der Waals surface area contributed by atoms with Crippen molar-refractivity contribution in [2.45, 2.75) is 0 Å². The van der Waals surface area contributed by atoms with E-state index in [1.54, 1.807) is 0 Å². The van der Waals surface area contributed by atoms with E-state index in [0.717, 1.165) is 88.8 Å². The van der Waals surface area contributed by atoms with Crippen LogP contribution in [0.1, 0.15) is 0 Å². The second-order valence-electron chi connectivity index (χ2n) is 16.4. The van der Waals surface area contributed by atoms with Crippen LogP contribution in [0.2, 0.25) is 0 Å². The first kappa shape index (κ1) is 35.4. The molecule has 2 aromatic heterocycles. The minimum absolute atomic E-state index is 0.888. The van der Waals surface area contributed by atoms with Gasteiger partial charge < -0.3 is 13.7 Å². The number of hydrogen-bond acceptors (Lipinski definition) is 3. The van der Waals surface area contributed by atoms with Crippen LogP contribution in [0.5, 0.6) is 0 Å². The molecule has 0 aliphatic carbocycles. The van der Waals surface area contributed by atoms with Crippen LogP contribution in [0.15, 0.2) is 233 Å². The van der Waals surface area contributed by atoms with Gasteiger partial charge in [0.25, 0.3) is 0 Å². The number of nitrogens with zero attached hydrogens (tertiary/aromatic N) is 1. The smallest absolute Gasteiger partial charge is 0.143 e. The largest absolute Gasteiger partial charge is 0.455 e. The van der Waals surface area contributed by atoms with E-state index in [0.29, 0.717) is 0 Å². The summed E-state index contributed by atoms with van der Waals surface area (Å²) >= 11 is 0. The third kappa shape index (κ3) is 5.60. The number of furan rings is 2. The second-order valence-corrected chi connectivity index (χ2v) is 16.4. The van der Waals surface area contributed by atoms with Crippen molar-refractivity contribution in [3.8, 4) is 33.4 Å². The highest BCUT2D eigenvalue weighted by Gasteiger charge is 2.25. The first-order valence-electron chi connectivity index (χ1n) is 21.5. The summed E-state index contributed by atoms with van der Waals surface area (Å²) in [5, 5.41) is 11.7. The number of rotatable bonds is 6. The minimum Gasteiger partial charge on any atom is -0.455 e. The molecular formula is C60H37NO2. The minimum atomic E-state index is 0.888. The fraction of sp³-hybridized carbons (Fsp3) is 0. The maximum Gasteiger partial charge on any atom is 0.143 e. The average Bonchev–Trinajstić information content (AvgIpc) is 3.93. The van der Waals surface area contributed by atoms with Gasteiger partial charge in [0.2, 0.25) is 0 Å². The van der Waals surface area contributed by atoms with E-state index >= 15 is 0 Å². The van der Waals surface area contributed by atoms with Crippen molar-refractivity contribution >= 4 is 93.3 Å². The number of benzene rings is 11. The molecule has 0 amide bonds. The highest BCUT2D eigenvalue weighted by Crippen LogP contribution is 2.51. The monoisotopic (exact) mass is 803 g/mol. The van der Waals surface area contributed by atoms with Gasteiger partial charge in [-0.05, 0) is 86.1 Å². The lowest BCUT2D eigenvalue weighted by Crippen LogP contribution is -2.12. The molecule has 0 atom stereocenters. The molecule has 3 heteroatoms. The molecular weight excluding hydrogens is 767 g/mol. The van der Waals surface area contributed by atoms with E-state index in [-0.39, 0.29) is 0 Å². The average molecular weight is 804 g/mol. The Morgan fingerprint density at radius 2 is 0.794 bits per heavy atom. The van der Waals surface area contributed by atoms with Crippen molar-refractivity contribution in [1.29, 1.82) is 0 Å². The molecule has 13 rings (SSSR count). The zero-order chi connectivity index (χ0) is 41.4. The SMILES string of the molecule is c1cc(-c2cccc3c2oc2ccccc23)cc(N(c2ccc(-c3cccc4c3oc3ccccc34)cc2)c2c(-c3ccc4ccccc4c3)c3ccccc3c3ccccc23)c1. The topological polar surface area (TPSA) is 29.5 Å². The Hall–Kier alpha value is -8.40. The molecule has 0 aliphatic heterocycles. The van der Waals surface area contributed by atoms with Crippen LogP contribution in [0, 0.1) is 0 Å². The van der Waals surface area contributed by atoms with Crippen molar-refractivity contribution in [3.63, 3.8) is 0 Å². The summed E-state index contributed by atoms with van der Waals surface area (Å²) in [6, 6.07) is 80.7. The maximum absolute atomic E-state index is 6.61. The predicted octanol–water partition coefficient (Wildman–Crippen LogP) is 17.4. The van der Waals surface area contributed by atoms with Crippen molar-refractivity contribution in [2.24, 2.45) is 0 Å². The fourth-order valence-corrected chi connectivity index (χ4v) is 9.95. The highest BCUT2D eigenvalue weighted by molar-refractivity contribution is 6.23. The van der Waals surface area contributed by atoms with E-state index in [1.807, 2.05) is 18.2 Å². The molecule has 63 heavy (non-hydrogen) atoms. The van der Waals surface area contributed by atoms with Gasteiger partial charge in [0.1, 0.15) is 22.3 Å². The summed E-state index contributed by atoms with van der Waals surface area (Å²) in [7, 11) is 0. The Balaban J connectivity index is 1.08. The van der Waals surface area contributed by atoms with Gasteiger partial charge in [0.05, 0.1) is 5.69 Å². The first-order valence-corrected chi connectivity index (χ1v) is 21.5. The van der Waals surface area contributed by atoms with Gasteiger partial charge in [-0.25, -0.2) is 0 Å². The zero-order valence-electron chi connectivity index (χ0n) is 34.1. The molecule has 3 nitrogen and oxygen atoms in total. The van der Waals surface area contributed by atoms with Crippen molar-refractivity contribution in [2.75, 3.05) is 4.90 Å². The fourth-order valence-electron chi connectivity index (χ4n) is 9.95. The maximum atomic E-state index is 6.61. The number of fused-ring (bicyclic) bond motifs is 10. The number of anilines is 3. The van der Waals surface area contributed by atoms with Gasteiger partial charge in [-0.1, -0.05) is 182 Å². The Morgan fingerprint density at radius 1 is 0.286 bits per heavy atom. The summed E-state index contributed by atoms with van der Waals surface area (Å²) in [6.07, 6.45) is 0. The molecule has 0 radical (unpaired) electrons. The molecule has 0 unspecified atom stereocenters. The molecule has 2 heterocycles.